The number of nitrogens with one attached hydrogen (secondary N) is 1. The fourth-order valence-electron chi connectivity index (χ4n) is 2.32. The Morgan fingerprint density at radius 1 is 1.50 bits per heavy atom. The van der Waals surface area contributed by atoms with Crippen LogP contribution in [0.2, 0.25) is 0 Å². The molecule has 0 spiro atoms. The molecule has 1 unspecified atom stereocenters. The second-order valence-electron chi connectivity index (χ2n) is 5.47. The zero-order valence-electron chi connectivity index (χ0n) is 12.2. The van der Waals surface area contributed by atoms with Gasteiger partial charge in [-0.1, -0.05) is 0 Å². The zero-order chi connectivity index (χ0) is 14.5. The number of amides is 1. The fourth-order valence-corrected chi connectivity index (χ4v) is 2.32. The average Bonchev–Trinajstić information content (AvgIpc) is 2.46. The van der Waals surface area contributed by atoms with E-state index in [0.29, 0.717) is 17.2 Å². The number of benzene rings is 1. The Bertz CT molecular complexity index is 468. The van der Waals surface area contributed by atoms with Gasteiger partial charge in [0.05, 0.1) is 18.0 Å². The van der Waals surface area contributed by atoms with Crippen LogP contribution in [0.4, 0.5) is 11.4 Å². The maximum absolute atomic E-state index is 12.0. The number of anilines is 2. The number of carbonyl (C=O) groups is 1. The first-order valence-corrected chi connectivity index (χ1v) is 7.00. The first kappa shape index (κ1) is 14.7. The predicted octanol–water partition coefficient (Wildman–Crippen LogP) is 1.81. The first-order valence-electron chi connectivity index (χ1n) is 7.00. The highest BCUT2D eigenvalue weighted by Gasteiger charge is 2.15. The van der Waals surface area contributed by atoms with E-state index in [0.717, 1.165) is 31.9 Å². The van der Waals surface area contributed by atoms with Crippen molar-refractivity contribution in [1.82, 2.24) is 4.90 Å². The van der Waals surface area contributed by atoms with Gasteiger partial charge < -0.3 is 20.7 Å². The normalized spacial score (nSPS) is 18.6. The van der Waals surface area contributed by atoms with Gasteiger partial charge in [-0.2, -0.15) is 0 Å². The van der Waals surface area contributed by atoms with Crippen molar-refractivity contribution in [2.24, 2.45) is 5.92 Å². The molecule has 2 rings (SSSR count). The fraction of sp³-hybridized carbons (Fsp3) is 0.533. The molecule has 1 atom stereocenters. The smallest absolute Gasteiger partial charge is 0.253 e. The first-order chi connectivity index (χ1) is 9.58. The van der Waals surface area contributed by atoms with Crippen LogP contribution in [0.5, 0.6) is 0 Å². The summed E-state index contributed by atoms with van der Waals surface area (Å²) in [6, 6.07) is 5.35. The molecule has 1 heterocycles. The summed E-state index contributed by atoms with van der Waals surface area (Å²) in [7, 11) is 3.48. The van der Waals surface area contributed by atoms with Crippen LogP contribution in [-0.4, -0.2) is 44.7 Å². The molecule has 1 saturated heterocycles. The average molecular weight is 277 g/mol. The minimum Gasteiger partial charge on any atom is -0.397 e. The lowest BCUT2D eigenvalue weighted by molar-refractivity contribution is 0.0595. The molecular weight excluding hydrogens is 254 g/mol. The van der Waals surface area contributed by atoms with Crippen LogP contribution in [0.25, 0.3) is 0 Å². The molecule has 1 aromatic rings. The van der Waals surface area contributed by atoms with E-state index in [4.69, 9.17) is 10.5 Å². The van der Waals surface area contributed by atoms with Crippen LogP contribution in [0.1, 0.15) is 23.2 Å². The molecule has 20 heavy (non-hydrogen) atoms. The highest BCUT2D eigenvalue weighted by molar-refractivity contribution is 5.95. The summed E-state index contributed by atoms with van der Waals surface area (Å²) in [6.45, 7) is 2.48. The molecule has 110 valence electrons. The van der Waals surface area contributed by atoms with Gasteiger partial charge in [0.2, 0.25) is 0 Å². The Morgan fingerprint density at radius 2 is 2.30 bits per heavy atom. The number of nitrogen functional groups attached to an aromatic ring is 1. The molecule has 0 aliphatic carbocycles. The summed E-state index contributed by atoms with van der Waals surface area (Å²) in [5, 5.41) is 3.34. The Morgan fingerprint density at radius 3 is 2.95 bits per heavy atom. The molecule has 1 aliphatic heterocycles. The number of nitrogens with zero attached hydrogens (tertiary/aromatic N) is 1. The molecule has 5 heteroatoms. The van der Waals surface area contributed by atoms with Crippen LogP contribution >= 0.6 is 0 Å². The molecule has 5 nitrogen and oxygen atoms in total. The summed E-state index contributed by atoms with van der Waals surface area (Å²) in [5.74, 6) is 0.491. The van der Waals surface area contributed by atoms with Crippen molar-refractivity contribution in [3.8, 4) is 0 Å². The molecule has 0 radical (unpaired) electrons. The topological polar surface area (TPSA) is 67.6 Å². The van der Waals surface area contributed by atoms with E-state index < -0.39 is 0 Å². The van der Waals surface area contributed by atoms with E-state index in [9.17, 15) is 4.79 Å². The van der Waals surface area contributed by atoms with Crippen LogP contribution in [0, 0.1) is 5.92 Å². The van der Waals surface area contributed by atoms with Gasteiger partial charge in [-0.25, -0.2) is 0 Å². The van der Waals surface area contributed by atoms with Crippen LogP contribution in [0.3, 0.4) is 0 Å². The quantitative estimate of drug-likeness (QED) is 0.824. The Labute approximate surface area is 120 Å². The van der Waals surface area contributed by atoms with Crippen molar-refractivity contribution in [1.29, 1.82) is 0 Å². The summed E-state index contributed by atoms with van der Waals surface area (Å²) in [4.78, 5) is 13.5. The number of ether oxygens (including phenoxy) is 1. The van der Waals surface area contributed by atoms with Crippen molar-refractivity contribution in [2.75, 3.05) is 44.9 Å². The van der Waals surface area contributed by atoms with Crippen LogP contribution in [0.15, 0.2) is 18.2 Å². The van der Waals surface area contributed by atoms with Crippen molar-refractivity contribution in [3.63, 3.8) is 0 Å². The van der Waals surface area contributed by atoms with Gasteiger partial charge in [-0.3, -0.25) is 4.79 Å². The molecule has 1 aliphatic rings. The van der Waals surface area contributed by atoms with Crippen LogP contribution in [-0.2, 0) is 4.74 Å². The Hall–Kier alpha value is -1.75. The summed E-state index contributed by atoms with van der Waals surface area (Å²) >= 11 is 0. The van der Waals surface area contributed by atoms with Gasteiger partial charge in [0.1, 0.15) is 0 Å². The SMILES string of the molecule is CN(C)C(=O)c1ccc(N)c(NCC2CCCOC2)c1. The Balaban J connectivity index is 2.02. The molecule has 1 amide bonds. The molecular formula is C15H23N3O2. The maximum Gasteiger partial charge on any atom is 0.253 e. The molecule has 1 aromatic carbocycles. The third-order valence-electron chi connectivity index (χ3n) is 3.54. The lowest BCUT2D eigenvalue weighted by Gasteiger charge is -2.23. The van der Waals surface area contributed by atoms with Gasteiger partial charge in [0, 0.05) is 32.8 Å². The van der Waals surface area contributed by atoms with Gasteiger partial charge in [0.15, 0.2) is 0 Å². The lowest BCUT2D eigenvalue weighted by Crippen LogP contribution is -2.25. The third-order valence-corrected chi connectivity index (χ3v) is 3.54. The second-order valence-corrected chi connectivity index (χ2v) is 5.47. The summed E-state index contributed by atoms with van der Waals surface area (Å²) < 4.78 is 5.46. The van der Waals surface area contributed by atoms with E-state index in [1.807, 2.05) is 6.07 Å². The van der Waals surface area contributed by atoms with Gasteiger partial charge in [0.25, 0.3) is 5.91 Å². The largest absolute Gasteiger partial charge is 0.397 e. The van der Waals surface area contributed by atoms with Crippen molar-refractivity contribution in [2.45, 2.75) is 12.8 Å². The van der Waals surface area contributed by atoms with Gasteiger partial charge in [-0.05, 0) is 37.0 Å². The minimum absolute atomic E-state index is 0.0194. The number of nitrogens with two attached hydrogens (primary N) is 1. The standard InChI is InChI=1S/C15H23N3O2/c1-18(2)15(19)12-5-6-13(16)14(8-12)17-9-11-4-3-7-20-10-11/h5-6,8,11,17H,3-4,7,9-10,16H2,1-2H3. The van der Waals surface area contributed by atoms with Crippen LogP contribution < -0.4 is 11.1 Å². The minimum atomic E-state index is -0.0194. The van der Waals surface area contributed by atoms with Gasteiger partial charge in [-0.15, -0.1) is 0 Å². The Kier molecular flexibility index (Phi) is 4.84. The summed E-state index contributed by atoms with van der Waals surface area (Å²) in [5.41, 5.74) is 8.09. The highest BCUT2D eigenvalue weighted by Crippen LogP contribution is 2.22. The number of carbonyl (C=O) groups excluding carboxylic acids is 1. The summed E-state index contributed by atoms with van der Waals surface area (Å²) in [6.07, 6.45) is 2.28. The van der Waals surface area contributed by atoms with E-state index in [2.05, 4.69) is 5.32 Å². The molecule has 0 aromatic heterocycles. The number of hydrogen-bond donors (Lipinski definition) is 2. The van der Waals surface area contributed by atoms with Crippen molar-refractivity contribution < 1.29 is 9.53 Å². The van der Waals surface area contributed by atoms with Crippen molar-refractivity contribution >= 4 is 17.3 Å². The maximum atomic E-state index is 12.0. The molecule has 3 N–H and O–H groups in total. The predicted molar refractivity (Wildman–Crippen MR) is 80.9 cm³/mol. The second kappa shape index (κ2) is 6.61. The van der Waals surface area contributed by atoms with E-state index >= 15 is 0 Å². The van der Waals surface area contributed by atoms with Gasteiger partial charge >= 0.3 is 0 Å². The third kappa shape index (κ3) is 3.63. The zero-order valence-corrected chi connectivity index (χ0v) is 12.2. The highest BCUT2D eigenvalue weighted by atomic mass is 16.5. The molecule has 0 bridgehead atoms. The van der Waals surface area contributed by atoms with Crippen molar-refractivity contribution in [3.05, 3.63) is 23.8 Å². The lowest BCUT2D eigenvalue weighted by atomic mass is 10.0. The molecule has 1 fully saturated rings. The van der Waals surface area contributed by atoms with E-state index in [-0.39, 0.29) is 5.91 Å². The number of hydrogen-bond acceptors (Lipinski definition) is 4. The van der Waals surface area contributed by atoms with E-state index in [1.54, 1.807) is 31.1 Å². The number of rotatable bonds is 4. The monoisotopic (exact) mass is 277 g/mol. The van der Waals surface area contributed by atoms with E-state index in [1.165, 1.54) is 6.42 Å². The molecule has 0 saturated carbocycles.